The molecule has 1 aromatic heterocycles. The van der Waals surface area contributed by atoms with Crippen LogP contribution in [0.3, 0.4) is 0 Å². The number of aromatic nitrogens is 2. The van der Waals surface area contributed by atoms with E-state index in [-0.39, 0.29) is 5.82 Å². The first-order valence-corrected chi connectivity index (χ1v) is 6.97. The van der Waals surface area contributed by atoms with Crippen LogP contribution >= 0.6 is 0 Å². The fourth-order valence-corrected chi connectivity index (χ4v) is 2.83. The lowest BCUT2D eigenvalue weighted by Gasteiger charge is -2.10. The third-order valence-corrected chi connectivity index (χ3v) is 3.99. The van der Waals surface area contributed by atoms with Crippen LogP contribution in [-0.4, -0.2) is 18.2 Å². The SMILES string of the molecule is Cc1cc(NS(=O)(=O)c2ccc(F)c(N)c2F)n(C)n1. The number of nitrogen functional groups attached to an aromatic ring is 1. The maximum atomic E-state index is 13.8. The molecule has 0 unspecified atom stereocenters. The van der Waals surface area contributed by atoms with Crippen molar-refractivity contribution in [2.75, 3.05) is 10.5 Å². The molecule has 9 heteroatoms. The van der Waals surface area contributed by atoms with Crippen LogP contribution in [0, 0.1) is 18.6 Å². The second kappa shape index (κ2) is 4.75. The summed E-state index contributed by atoms with van der Waals surface area (Å²) < 4.78 is 54.4. The van der Waals surface area contributed by atoms with Crippen LogP contribution in [-0.2, 0) is 17.1 Å². The minimum Gasteiger partial charge on any atom is -0.394 e. The maximum absolute atomic E-state index is 13.8. The Kier molecular flexibility index (Phi) is 3.38. The first-order valence-electron chi connectivity index (χ1n) is 5.49. The summed E-state index contributed by atoms with van der Waals surface area (Å²) in [6.07, 6.45) is 0. The summed E-state index contributed by atoms with van der Waals surface area (Å²) in [5.41, 5.74) is 4.90. The zero-order valence-electron chi connectivity index (χ0n) is 10.7. The highest BCUT2D eigenvalue weighted by Gasteiger charge is 2.23. The molecule has 0 fully saturated rings. The van der Waals surface area contributed by atoms with E-state index in [2.05, 4.69) is 9.82 Å². The average Bonchev–Trinajstić information content (AvgIpc) is 2.63. The molecule has 0 spiro atoms. The van der Waals surface area contributed by atoms with Crippen molar-refractivity contribution >= 4 is 21.5 Å². The Hall–Kier alpha value is -2.16. The third kappa shape index (κ3) is 2.44. The largest absolute Gasteiger partial charge is 0.394 e. The molecular weight excluding hydrogens is 290 g/mol. The molecule has 108 valence electrons. The molecule has 0 radical (unpaired) electrons. The summed E-state index contributed by atoms with van der Waals surface area (Å²) >= 11 is 0. The Morgan fingerprint density at radius 2 is 2.00 bits per heavy atom. The van der Waals surface area contributed by atoms with Crippen LogP contribution < -0.4 is 10.5 Å². The monoisotopic (exact) mass is 302 g/mol. The number of nitrogens with two attached hydrogens (primary N) is 1. The van der Waals surface area contributed by atoms with Crippen LogP contribution in [0.25, 0.3) is 0 Å². The Bertz CT molecular complexity index is 771. The van der Waals surface area contributed by atoms with Crippen molar-refractivity contribution < 1.29 is 17.2 Å². The second-order valence-corrected chi connectivity index (χ2v) is 5.82. The predicted octanol–water partition coefficient (Wildman–Crippen LogP) is 1.39. The van der Waals surface area contributed by atoms with E-state index in [0.717, 1.165) is 12.1 Å². The Morgan fingerprint density at radius 1 is 1.35 bits per heavy atom. The van der Waals surface area contributed by atoms with E-state index < -0.39 is 32.2 Å². The van der Waals surface area contributed by atoms with Gasteiger partial charge in [-0.15, -0.1) is 0 Å². The van der Waals surface area contributed by atoms with E-state index in [4.69, 9.17) is 5.73 Å². The van der Waals surface area contributed by atoms with Crippen molar-refractivity contribution in [1.29, 1.82) is 0 Å². The number of hydrogen-bond acceptors (Lipinski definition) is 4. The summed E-state index contributed by atoms with van der Waals surface area (Å²) in [6, 6.07) is 3.08. The first kappa shape index (κ1) is 14.3. The molecule has 2 aromatic rings. The van der Waals surface area contributed by atoms with Crippen LogP contribution in [0.15, 0.2) is 23.1 Å². The van der Waals surface area contributed by atoms with Gasteiger partial charge in [-0.3, -0.25) is 9.40 Å². The van der Waals surface area contributed by atoms with E-state index in [1.54, 1.807) is 6.92 Å². The molecule has 0 saturated carbocycles. The van der Waals surface area contributed by atoms with Gasteiger partial charge in [0.15, 0.2) is 5.82 Å². The molecule has 6 nitrogen and oxygen atoms in total. The summed E-state index contributed by atoms with van der Waals surface area (Å²) in [7, 11) is -2.70. The van der Waals surface area contributed by atoms with Gasteiger partial charge in [-0.1, -0.05) is 0 Å². The number of halogens is 2. The number of nitrogens with one attached hydrogen (secondary N) is 1. The number of benzene rings is 1. The molecule has 0 aliphatic heterocycles. The van der Waals surface area contributed by atoms with Crippen molar-refractivity contribution in [2.24, 2.45) is 7.05 Å². The van der Waals surface area contributed by atoms with Gasteiger partial charge in [0.1, 0.15) is 22.2 Å². The van der Waals surface area contributed by atoms with Gasteiger partial charge in [0.2, 0.25) is 0 Å². The zero-order valence-corrected chi connectivity index (χ0v) is 11.5. The van der Waals surface area contributed by atoms with Crippen molar-refractivity contribution in [3.63, 3.8) is 0 Å². The Balaban J connectivity index is 2.46. The molecule has 0 aliphatic carbocycles. The predicted molar refractivity (Wildman–Crippen MR) is 69.5 cm³/mol. The molecule has 1 heterocycles. The van der Waals surface area contributed by atoms with Gasteiger partial charge in [-0.05, 0) is 19.1 Å². The van der Waals surface area contributed by atoms with E-state index in [9.17, 15) is 17.2 Å². The lowest BCUT2D eigenvalue weighted by Crippen LogP contribution is -2.17. The van der Waals surface area contributed by atoms with Gasteiger partial charge < -0.3 is 5.73 Å². The number of hydrogen-bond donors (Lipinski definition) is 2. The smallest absolute Gasteiger partial charge is 0.266 e. The molecule has 0 amide bonds. The summed E-state index contributed by atoms with van der Waals surface area (Å²) in [4.78, 5) is -0.727. The van der Waals surface area contributed by atoms with Crippen LogP contribution in [0.1, 0.15) is 5.69 Å². The van der Waals surface area contributed by atoms with E-state index in [1.807, 2.05) is 0 Å². The minimum atomic E-state index is -4.22. The molecule has 0 aliphatic rings. The van der Waals surface area contributed by atoms with Gasteiger partial charge in [0.25, 0.3) is 10.0 Å². The van der Waals surface area contributed by atoms with Crippen LogP contribution in [0.5, 0.6) is 0 Å². The highest BCUT2D eigenvalue weighted by Crippen LogP contribution is 2.24. The average molecular weight is 302 g/mol. The van der Waals surface area contributed by atoms with Crippen molar-refractivity contribution in [1.82, 2.24) is 9.78 Å². The first-order chi connectivity index (χ1) is 9.22. The molecule has 2 rings (SSSR count). The van der Waals surface area contributed by atoms with Crippen molar-refractivity contribution in [3.8, 4) is 0 Å². The third-order valence-electron chi connectivity index (χ3n) is 2.62. The lowest BCUT2D eigenvalue weighted by molar-refractivity contribution is 0.557. The quantitative estimate of drug-likeness (QED) is 0.838. The number of rotatable bonds is 3. The second-order valence-electron chi connectivity index (χ2n) is 4.17. The zero-order chi connectivity index (χ0) is 15.1. The highest BCUT2D eigenvalue weighted by atomic mass is 32.2. The highest BCUT2D eigenvalue weighted by molar-refractivity contribution is 7.92. The molecular formula is C11H12F2N4O2S. The topological polar surface area (TPSA) is 90.0 Å². The number of sulfonamides is 1. The fraction of sp³-hybridized carbons (Fsp3) is 0.182. The molecule has 1 aromatic carbocycles. The van der Waals surface area contributed by atoms with Gasteiger partial charge in [0.05, 0.1) is 5.69 Å². The Morgan fingerprint density at radius 3 is 2.55 bits per heavy atom. The number of nitrogens with zero attached hydrogens (tertiary/aromatic N) is 2. The van der Waals surface area contributed by atoms with Crippen molar-refractivity contribution in [3.05, 3.63) is 35.5 Å². The summed E-state index contributed by atoms with van der Waals surface area (Å²) in [5.74, 6) is -2.18. The van der Waals surface area contributed by atoms with Gasteiger partial charge in [-0.25, -0.2) is 17.2 Å². The molecule has 3 N–H and O–H groups in total. The number of anilines is 2. The maximum Gasteiger partial charge on any atom is 0.266 e. The standard InChI is InChI=1S/C11H12F2N4O2S/c1-6-5-9(17(2)15-6)16-20(18,19)8-4-3-7(12)11(14)10(8)13/h3-5,16H,14H2,1-2H3. The van der Waals surface area contributed by atoms with Crippen LogP contribution in [0.2, 0.25) is 0 Å². The molecule has 0 atom stereocenters. The van der Waals surface area contributed by atoms with Crippen LogP contribution in [0.4, 0.5) is 20.3 Å². The van der Waals surface area contributed by atoms with Gasteiger partial charge in [0, 0.05) is 13.1 Å². The Labute approximate surface area is 114 Å². The summed E-state index contributed by atoms with van der Waals surface area (Å²) in [6.45, 7) is 1.67. The molecule has 0 saturated heterocycles. The molecule has 20 heavy (non-hydrogen) atoms. The minimum absolute atomic E-state index is 0.157. The summed E-state index contributed by atoms with van der Waals surface area (Å²) in [5, 5.41) is 3.95. The molecule has 0 bridgehead atoms. The lowest BCUT2D eigenvalue weighted by atomic mass is 10.3. The van der Waals surface area contributed by atoms with Crippen molar-refractivity contribution in [2.45, 2.75) is 11.8 Å². The fourth-order valence-electron chi connectivity index (χ4n) is 1.66. The van der Waals surface area contributed by atoms with E-state index in [0.29, 0.717) is 5.69 Å². The number of aryl methyl sites for hydroxylation is 2. The van der Waals surface area contributed by atoms with E-state index >= 15 is 0 Å². The van der Waals surface area contributed by atoms with Gasteiger partial charge in [-0.2, -0.15) is 5.10 Å². The van der Waals surface area contributed by atoms with Gasteiger partial charge >= 0.3 is 0 Å². The van der Waals surface area contributed by atoms with E-state index in [1.165, 1.54) is 17.8 Å². The normalized spacial score (nSPS) is 11.6.